The number of amides is 1. The third-order valence-electron chi connectivity index (χ3n) is 5.55. The fraction of sp³-hybridized carbons (Fsp3) is 0.133. The molecule has 0 fully saturated rings. The van der Waals surface area contributed by atoms with E-state index >= 15 is 0 Å². The Morgan fingerprint density at radius 3 is 2.45 bits per heavy atom. The number of rotatable bonds is 9. The second-order valence-corrected chi connectivity index (χ2v) is 8.20. The average molecular weight is 509 g/mol. The maximum atomic E-state index is 12.6. The van der Waals surface area contributed by atoms with Crippen LogP contribution in [0, 0.1) is 11.3 Å². The molecule has 1 amide bonds. The quantitative estimate of drug-likeness (QED) is 0.115. The highest BCUT2D eigenvalue weighted by Gasteiger charge is 2.16. The SMILES string of the molecule is CCOc1ccc(/C=C(\C#N)C(=O)Oc2ccc3cc(C(=O)NCCc4ccccc4)c(=O)oc3c2)cc1. The van der Waals surface area contributed by atoms with Crippen molar-refractivity contribution in [2.24, 2.45) is 0 Å². The zero-order valence-corrected chi connectivity index (χ0v) is 20.6. The summed E-state index contributed by atoms with van der Waals surface area (Å²) in [5, 5.41) is 12.7. The van der Waals surface area contributed by atoms with Crippen LogP contribution in [-0.2, 0) is 11.2 Å². The van der Waals surface area contributed by atoms with Gasteiger partial charge in [0.05, 0.1) is 6.61 Å². The van der Waals surface area contributed by atoms with Gasteiger partial charge in [-0.15, -0.1) is 0 Å². The first kappa shape index (κ1) is 25.9. The predicted octanol–water partition coefficient (Wildman–Crippen LogP) is 4.68. The Morgan fingerprint density at radius 2 is 1.74 bits per heavy atom. The second-order valence-electron chi connectivity index (χ2n) is 8.20. The highest BCUT2D eigenvalue weighted by atomic mass is 16.5. The first-order valence-corrected chi connectivity index (χ1v) is 11.9. The number of nitrogens with zero attached hydrogens (tertiary/aromatic N) is 1. The molecule has 190 valence electrons. The topological polar surface area (TPSA) is 119 Å². The number of carbonyl (C=O) groups is 2. The molecular weight excluding hydrogens is 484 g/mol. The number of fused-ring (bicyclic) bond motifs is 1. The van der Waals surface area contributed by atoms with Gasteiger partial charge in [-0.1, -0.05) is 42.5 Å². The van der Waals surface area contributed by atoms with Gasteiger partial charge < -0.3 is 19.2 Å². The summed E-state index contributed by atoms with van der Waals surface area (Å²) in [6.07, 6.45) is 2.03. The Morgan fingerprint density at radius 1 is 1.00 bits per heavy atom. The Kier molecular flexibility index (Phi) is 8.32. The summed E-state index contributed by atoms with van der Waals surface area (Å²) in [4.78, 5) is 37.6. The van der Waals surface area contributed by atoms with E-state index in [1.54, 1.807) is 30.3 Å². The fourth-order valence-electron chi connectivity index (χ4n) is 3.67. The predicted molar refractivity (Wildman–Crippen MR) is 142 cm³/mol. The first-order valence-electron chi connectivity index (χ1n) is 11.9. The highest BCUT2D eigenvalue weighted by molar-refractivity contribution is 6.00. The van der Waals surface area contributed by atoms with Gasteiger partial charge in [-0.25, -0.2) is 9.59 Å². The molecule has 0 saturated carbocycles. The highest BCUT2D eigenvalue weighted by Crippen LogP contribution is 2.22. The summed E-state index contributed by atoms with van der Waals surface area (Å²) >= 11 is 0. The number of nitriles is 1. The lowest BCUT2D eigenvalue weighted by Gasteiger charge is -2.07. The minimum absolute atomic E-state index is 0.0820. The van der Waals surface area contributed by atoms with Gasteiger partial charge in [0.15, 0.2) is 0 Å². The van der Waals surface area contributed by atoms with Gasteiger partial charge in [0.25, 0.3) is 5.91 Å². The number of nitrogens with one attached hydrogen (secondary N) is 1. The van der Waals surface area contributed by atoms with Gasteiger partial charge in [-0.3, -0.25) is 4.79 Å². The van der Waals surface area contributed by atoms with E-state index in [1.807, 2.05) is 43.3 Å². The third-order valence-corrected chi connectivity index (χ3v) is 5.55. The molecule has 8 nitrogen and oxygen atoms in total. The molecular formula is C30H24N2O6. The minimum atomic E-state index is -0.863. The number of hydrogen-bond acceptors (Lipinski definition) is 7. The molecule has 1 N–H and O–H groups in total. The molecule has 0 aliphatic heterocycles. The lowest BCUT2D eigenvalue weighted by Crippen LogP contribution is -2.29. The number of benzene rings is 3. The number of esters is 1. The van der Waals surface area contributed by atoms with E-state index in [-0.39, 0.29) is 22.5 Å². The minimum Gasteiger partial charge on any atom is -0.494 e. The lowest BCUT2D eigenvalue weighted by atomic mass is 10.1. The van der Waals surface area contributed by atoms with Crippen LogP contribution in [0.15, 0.2) is 93.6 Å². The monoisotopic (exact) mass is 508 g/mol. The van der Waals surface area contributed by atoms with Crippen LogP contribution in [0.4, 0.5) is 0 Å². The summed E-state index contributed by atoms with van der Waals surface area (Å²) in [6.45, 7) is 2.76. The Balaban J connectivity index is 1.44. The Hall–Kier alpha value is -5.16. The standard InChI is InChI=1S/C30H24N2O6/c1-2-36-24-11-8-21(9-12-24)16-23(19-31)29(34)37-25-13-10-22-17-26(30(35)38-27(22)18-25)28(33)32-15-14-20-6-4-3-5-7-20/h3-13,16-18H,2,14-15H2,1H3,(H,32,33)/b23-16+. The smallest absolute Gasteiger partial charge is 0.354 e. The van der Waals surface area contributed by atoms with Gasteiger partial charge in [-0.05, 0) is 60.9 Å². The van der Waals surface area contributed by atoms with Gasteiger partial charge in [0, 0.05) is 18.0 Å². The van der Waals surface area contributed by atoms with Gasteiger partial charge in [0.1, 0.15) is 34.3 Å². The molecule has 0 spiro atoms. The summed E-state index contributed by atoms with van der Waals surface area (Å²) in [5.74, 6) is -0.641. The van der Waals surface area contributed by atoms with Crippen molar-refractivity contribution in [2.75, 3.05) is 13.2 Å². The molecule has 0 aliphatic carbocycles. The second kappa shape index (κ2) is 12.2. The third kappa shape index (κ3) is 6.53. The molecule has 3 aromatic carbocycles. The molecule has 38 heavy (non-hydrogen) atoms. The number of ether oxygens (including phenoxy) is 2. The van der Waals surface area contributed by atoms with E-state index < -0.39 is 17.5 Å². The van der Waals surface area contributed by atoms with Crippen LogP contribution in [0.5, 0.6) is 11.5 Å². The number of carbonyl (C=O) groups excluding carboxylic acids is 2. The molecule has 0 bridgehead atoms. The van der Waals surface area contributed by atoms with Crippen LogP contribution in [0.25, 0.3) is 17.0 Å². The summed E-state index contributed by atoms with van der Waals surface area (Å²) in [5.41, 5.74) is 0.676. The Labute approximate surface area is 218 Å². The Bertz CT molecular complexity index is 1580. The summed E-state index contributed by atoms with van der Waals surface area (Å²) in [7, 11) is 0. The van der Waals surface area contributed by atoms with Crippen molar-refractivity contribution in [3.63, 3.8) is 0 Å². The van der Waals surface area contributed by atoms with Crippen molar-refractivity contribution in [1.29, 1.82) is 5.26 Å². The molecule has 0 atom stereocenters. The maximum absolute atomic E-state index is 12.6. The van der Waals surface area contributed by atoms with Crippen LogP contribution < -0.4 is 20.4 Å². The van der Waals surface area contributed by atoms with E-state index in [0.29, 0.717) is 36.3 Å². The molecule has 8 heteroatoms. The van der Waals surface area contributed by atoms with E-state index in [1.165, 1.54) is 24.3 Å². The zero-order valence-electron chi connectivity index (χ0n) is 20.6. The van der Waals surface area contributed by atoms with E-state index in [2.05, 4.69) is 5.32 Å². The van der Waals surface area contributed by atoms with Crippen LogP contribution in [0.3, 0.4) is 0 Å². The zero-order chi connectivity index (χ0) is 26.9. The van der Waals surface area contributed by atoms with Crippen LogP contribution in [0.2, 0.25) is 0 Å². The summed E-state index contributed by atoms with van der Waals surface area (Å²) in [6, 6.07) is 24.2. The first-order chi connectivity index (χ1) is 18.5. The van der Waals surface area contributed by atoms with Crippen LogP contribution in [-0.4, -0.2) is 25.0 Å². The van der Waals surface area contributed by atoms with Crippen LogP contribution >= 0.6 is 0 Å². The van der Waals surface area contributed by atoms with E-state index in [0.717, 1.165) is 5.56 Å². The largest absolute Gasteiger partial charge is 0.494 e. The molecule has 1 heterocycles. The molecule has 0 unspecified atom stereocenters. The van der Waals surface area contributed by atoms with Gasteiger partial charge >= 0.3 is 11.6 Å². The van der Waals surface area contributed by atoms with Crippen molar-refractivity contribution >= 4 is 28.9 Å². The molecule has 4 aromatic rings. The fourth-order valence-corrected chi connectivity index (χ4v) is 3.67. The maximum Gasteiger partial charge on any atom is 0.354 e. The van der Waals surface area contributed by atoms with Gasteiger partial charge in [-0.2, -0.15) is 5.26 Å². The normalized spacial score (nSPS) is 11.0. The van der Waals surface area contributed by atoms with Crippen molar-refractivity contribution in [1.82, 2.24) is 5.32 Å². The van der Waals surface area contributed by atoms with E-state index in [9.17, 15) is 19.6 Å². The van der Waals surface area contributed by atoms with Crippen molar-refractivity contribution in [3.05, 3.63) is 112 Å². The molecule has 1 aromatic heterocycles. The van der Waals surface area contributed by atoms with Crippen molar-refractivity contribution < 1.29 is 23.5 Å². The van der Waals surface area contributed by atoms with Crippen molar-refractivity contribution in [3.8, 4) is 17.6 Å². The number of hydrogen-bond donors (Lipinski definition) is 1. The average Bonchev–Trinajstić information content (AvgIpc) is 2.92. The lowest BCUT2D eigenvalue weighted by molar-refractivity contribution is -0.129. The molecule has 0 saturated heterocycles. The van der Waals surface area contributed by atoms with Crippen LogP contribution in [0.1, 0.15) is 28.4 Å². The van der Waals surface area contributed by atoms with E-state index in [4.69, 9.17) is 13.9 Å². The van der Waals surface area contributed by atoms with Gasteiger partial charge in [0.2, 0.25) is 0 Å². The molecule has 0 aliphatic rings. The molecule has 0 radical (unpaired) electrons. The molecule has 4 rings (SSSR count). The summed E-state index contributed by atoms with van der Waals surface area (Å²) < 4.78 is 16.0. The van der Waals surface area contributed by atoms with Crippen molar-refractivity contribution in [2.45, 2.75) is 13.3 Å².